The highest BCUT2D eigenvalue weighted by atomic mass is 16.6. The maximum atomic E-state index is 11.3. The molecule has 1 unspecified atom stereocenters. The Morgan fingerprint density at radius 1 is 0.756 bits per heavy atom. The standard InChI is InChI=1S/C35H32O6/c1-3-33(36)40-23-21-38-27-17-13-25(14-18-27)35(26-15-19-28(20-16-26)39-22-24-41-34(37)4-2)31-11-7-5-9-29(31)30-10-6-8-12-32(30)35/h3-11,13-20,32H,1-2,12,21-24H2. The predicted molar refractivity (Wildman–Crippen MR) is 158 cm³/mol. The summed E-state index contributed by atoms with van der Waals surface area (Å²) >= 11 is 0. The van der Waals surface area contributed by atoms with Crippen molar-refractivity contribution in [1.29, 1.82) is 0 Å². The molecule has 6 nitrogen and oxygen atoms in total. The van der Waals surface area contributed by atoms with Crippen LogP contribution in [0.15, 0.2) is 116 Å². The van der Waals surface area contributed by atoms with E-state index in [4.69, 9.17) is 18.9 Å². The molecular weight excluding hydrogens is 516 g/mol. The molecule has 2 aliphatic rings. The number of ether oxygens (including phenoxy) is 4. The van der Waals surface area contributed by atoms with Gasteiger partial charge in [-0.25, -0.2) is 9.59 Å². The number of fused-ring (bicyclic) bond motifs is 3. The average Bonchev–Trinajstić information content (AvgIpc) is 3.33. The third-order valence-corrected chi connectivity index (χ3v) is 7.49. The third kappa shape index (κ3) is 5.59. The zero-order valence-electron chi connectivity index (χ0n) is 22.8. The van der Waals surface area contributed by atoms with E-state index in [0.29, 0.717) is 11.5 Å². The Bertz CT molecular complexity index is 1410. The normalized spacial score (nSPS) is 16.0. The van der Waals surface area contributed by atoms with Crippen molar-refractivity contribution in [3.8, 4) is 11.5 Å². The van der Waals surface area contributed by atoms with E-state index in [1.54, 1.807) is 0 Å². The molecule has 3 aromatic rings. The second-order valence-corrected chi connectivity index (χ2v) is 9.68. The van der Waals surface area contributed by atoms with Gasteiger partial charge in [0.2, 0.25) is 0 Å². The average molecular weight is 549 g/mol. The Labute approximate surface area is 240 Å². The van der Waals surface area contributed by atoms with Gasteiger partial charge >= 0.3 is 11.9 Å². The summed E-state index contributed by atoms with van der Waals surface area (Å²) in [4.78, 5) is 22.6. The van der Waals surface area contributed by atoms with Gasteiger partial charge in [0.05, 0.1) is 5.41 Å². The van der Waals surface area contributed by atoms with Crippen LogP contribution in [-0.2, 0) is 24.5 Å². The van der Waals surface area contributed by atoms with Gasteiger partial charge in [-0.3, -0.25) is 0 Å². The maximum absolute atomic E-state index is 11.3. The first-order valence-corrected chi connectivity index (χ1v) is 13.6. The van der Waals surface area contributed by atoms with Crippen molar-refractivity contribution in [2.24, 2.45) is 5.92 Å². The number of hydrogen-bond donors (Lipinski definition) is 0. The summed E-state index contributed by atoms with van der Waals surface area (Å²) in [5, 5.41) is 0. The van der Waals surface area contributed by atoms with E-state index < -0.39 is 17.4 Å². The SMILES string of the molecule is C=CC(=O)OCCOc1ccc(C2(c3ccc(OCCOC(=O)C=C)cc3)c3ccccc3C3=CC=CCC32)cc1. The Balaban J connectivity index is 1.46. The fraction of sp³-hybridized carbons (Fsp3) is 0.200. The molecule has 3 aromatic carbocycles. The molecule has 208 valence electrons. The number of esters is 2. The van der Waals surface area contributed by atoms with Gasteiger partial charge in [-0.15, -0.1) is 0 Å². The van der Waals surface area contributed by atoms with Crippen molar-refractivity contribution in [3.05, 3.63) is 139 Å². The molecule has 1 atom stereocenters. The largest absolute Gasteiger partial charge is 0.490 e. The smallest absolute Gasteiger partial charge is 0.330 e. The van der Waals surface area contributed by atoms with E-state index in [-0.39, 0.29) is 32.3 Å². The van der Waals surface area contributed by atoms with Crippen LogP contribution in [0.25, 0.3) is 5.57 Å². The monoisotopic (exact) mass is 548 g/mol. The van der Waals surface area contributed by atoms with Crippen LogP contribution in [0.2, 0.25) is 0 Å². The van der Waals surface area contributed by atoms with Crippen molar-refractivity contribution in [2.75, 3.05) is 26.4 Å². The molecule has 0 N–H and O–H groups in total. The molecular formula is C35H32O6. The van der Waals surface area contributed by atoms with E-state index in [0.717, 1.165) is 29.7 Å². The predicted octanol–water partition coefficient (Wildman–Crippen LogP) is 6.21. The molecule has 0 bridgehead atoms. The van der Waals surface area contributed by atoms with Gasteiger partial charge in [0.25, 0.3) is 0 Å². The van der Waals surface area contributed by atoms with Gasteiger partial charge < -0.3 is 18.9 Å². The zero-order chi connectivity index (χ0) is 28.7. The highest BCUT2D eigenvalue weighted by molar-refractivity contribution is 5.84. The summed E-state index contributed by atoms with van der Waals surface area (Å²) in [5.41, 5.74) is 5.74. The minimum Gasteiger partial charge on any atom is -0.490 e. The summed E-state index contributed by atoms with van der Waals surface area (Å²) < 4.78 is 21.7. The molecule has 0 fully saturated rings. The molecule has 0 aliphatic heterocycles. The lowest BCUT2D eigenvalue weighted by atomic mass is 9.63. The van der Waals surface area contributed by atoms with Crippen molar-refractivity contribution < 1.29 is 28.5 Å². The molecule has 0 spiro atoms. The third-order valence-electron chi connectivity index (χ3n) is 7.49. The molecule has 0 heterocycles. The first-order chi connectivity index (χ1) is 20.1. The Hall–Kier alpha value is -4.84. The zero-order valence-corrected chi connectivity index (χ0v) is 22.8. The van der Waals surface area contributed by atoms with Crippen LogP contribution in [0.3, 0.4) is 0 Å². The first-order valence-electron chi connectivity index (χ1n) is 13.6. The van der Waals surface area contributed by atoms with Gasteiger partial charge in [-0.2, -0.15) is 0 Å². The lowest BCUT2D eigenvalue weighted by Crippen LogP contribution is -2.34. The van der Waals surface area contributed by atoms with Gasteiger partial charge in [0, 0.05) is 18.1 Å². The van der Waals surface area contributed by atoms with E-state index in [2.05, 4.69) is 79.9 Å². The second kappa shape index (κ2) is 12.6. The lowest BCUT2D eigenvalue weighted by Gasteiger charge is -2.39. The molecule has 6 heteroatoms. The molecule has 41 heavy (non-hydrogen) atoms. The highest BCUT2D eigenvalue weighted by Crippen LogP contribution is 2.59. The fourth-order valence-corrected chi connectivity index (χ4v) is 5.81. The van der Waals surface area contributed by atoms with E-state index in [1.807, 2.05) is 24.3 Å². The molecule has 0 amide bonds. The summed E-state index contributed by atoms with van der Waals surface area (Å²) in [6.45, 7) is 7.61. The lowest BCUT2D eigenvalue weighted by molar-refractivity contribution is -0.139. The van der Waals surface area contributed by atoms with Crippen molar-refractivity contribution >= 4 is 17.5 Å². The van der Waals surface area contributed by atoms with Gasteiger partial charge in [0.1, 0.15) is 37.9 Å². The fourth-order valence-electron chi connectivity index (χ4n) is 5.81. The van der Waals surface area contributed by atoms with Gasteiger partial charge in [0.15, 0.2) is 0 Å². The minimum absolute atomic E-state index is 0.150. The summed E-state index contributed by atoms with van der Waals surface area (Å²) in [7, 11) is 0. The van der Waals surface area contributed by atoms with Crippen molar-refractivity contribution in [2.45, 2.75) is 11.8 Å². The van der Waals surface area contributed by atoms with Crippen LogP contribution >= 0.6 is 0 Å². The van der Waals surface area contributed by atoms with Crippen LogP contribution in [0.5, 0.6) is 11.5 Å². The molecule has 2 aliphatic carbocycles. The second-order valence-electron chi connectivity index (χ2n) is 9.68. The van der Waals surface area contributed by atoms with Gasteiger partial charge in [-0.05, 0) is 58.5 Å². The van der Waals surface area contributed by atoms with E-state index >= 15 is 0 Å². The molecule has 0 saturated carbocycles. The van der Waals surface area contributed by atoms with Crippen LogP contribution in [0, 0.1) is 5.92 Å². The summed E-state index contributed by atoms with van der Waals surface area (Å²) in [6, 6.07) is 25.0. The summed E-state index contributed by atoms with van der Waals surface area (Å²) in [6.07, 6.45) is 9.79. The van der Waals surface area contributed by atoms with Crippen LogP contribution < -0.4 is 9.47 Å². The van der Waals surface area contributed by atoms with E-state index in [1.165, 1.54) is 16.7 Å². The van der Waals surface area contributed by atoms with Crippen LogP contribution in [-0.4, -0.2) is 38.4 Å². The number of hydrogen-bond acceptors (Lipinski definition) is 6. The number of carbonyl (C=O) groups excluding carboxylic acids is 2. The topological polar surface area (TPSA) is 71.1 Å². The molecule has 0 saturated heterocycles. The Morgan fingerprint density at radius 2 is 1.29 bits per heavy atom. The molecule has 5 rings (SSSR count). The Morgan fingerprint density at radius 3 is 1.83 bits per heavy atom. The number of benzene rings is 3. The van der Waals surface area contributed by atoms with Crippen molar-refractivity contribution in [1.82, 2.24) is 0 Å². The van der Waals surface area contributed by atoms with E-state index in [9.17, 15) is 9.59 Å². The molecule has 0 radical (unpaired) electrons. The Kier molecular flexibility index (Phi) is 8.49. The molecule has 0 aromatic heterocycles. The highest BCUT2D eigenvalue weighted by Gasteiger charge is 2.51. The number of rotatable bonds is 12. The van der Waals surface area contributed by atoms with Gasteiger partial charge in [-0.1, -0.05) is 79.9 Å². The first kappa shape index (κ1) is 27.7. The number of allylic oxidation sites excluding steroid dienone is 4. The van der Waals surface area contributed by atoms with Crippen LogP contribution in [0.1, 0.15) is 28.7 Å². The van der Waals surface area contributed by atoms with Crippen molar-refractivity contribution in [3.63, 3.8) is 0 Å². The van der Waals surface area contributed by atoms with Crippen LogP contribution in [0.4, 0.5) is 0 Å². The minimum atomic E-state index is -0.469. The maximum Gasteiger partial charge on any atom is 0.330 e. The summed E-state index contributed by atoms with van der Waals surface area (Å²) in [5.74, 6) is 0.669. The quantitative estimate of drug-likeness (QED) is 0.152. The number of carbonyl (C=O) groups is 2.